The third-order valence-corrected chi connectivity index (χ3v) is 2.99. The zero-order valence-electron chi connectivity index (χ0n) is 12.4. The number of nitriles is 2. The molecule has 0 N–H and O–H groups in total. The lowest BCUT2D eigenvalue weighted by Gasteiger charge is -2.07. The van der Waals surface area contributed by atoms with Crippen LogP contribution >= 0.6 is 0 Å². The fraction of sp³-hybridized carbons (Fsp3) is 0. The van der Waals surface area contributed by atoms with Crippen molar-refractivity contribution >= 4 is 17.5 Å². The molecule has 0 heterocycles. The maximum absolute atomic E-state index is 11.1. The minimum absolute atomic E-state index is 0.113. The Balaban J connectivity index is 2.39. The fourth-order valence-electron chi connectivity index (χ4n) is 1.90. The van der Waals surface area contributed by atoms with E-state index in [1.807, 2.05) is 0 Å². The van der Waals surface area contributed by atoms with Gasteiger partial charge in [0.25, 0.3) is 5.69 Å². The van der Waals surface area contributed by atoms with E-state index >= 15 is 0 Å². The minimum Gasteiger partial charge on any atom is -0.450 e. The zero-order chi connectivity index (χ0) is 18.4. The number of benzene rings is 2. The molecule has 0 aliphatic carbocycles. The maximum atomic E-state index is 11.1. The second-order valence-electron chi connectivity index (χ2n) is 4.62. The first kappa shape index (κ1) is 17.1. The molecule has 25 heavy (non-hydrogen) atoms. The molecule has 0 aliphatic rings. The van der Waals surface area contributed by atoms with Gasteiger partial charge in [-0.05, 0) is 29.8 Å². The highest BCUT2D eigenvalue weighted by Gasteiger charge is 2.21. The fourth-order valence-corrected chi connectivity index (χ4v) is 1.90. The highest BCUT2D eigenvalue weighted by molar-refractivity contribution is 5.63. The Morgan fingerprint density at radius 2 is 1.76 bits per heavy atom. The van der Waals surface area contributed by atoms with E-state index in [9.17, 15) is 20.2 Å². The summed E-state index contributed by atoms with van der Waals surface area (Å²) in [5.74, 6) is 0.0402. The number of hydrogen-bond acceptors (Lipinski definition) is 7. The first-order valence-corrected chi connectivity index (χ1v) is 6.67. The summed E-state index contributed by atoms with van der Waals surface area (Å²) in [4.78, 5) is 20.3. The van der Waals surface area contributed by atoms with E-state index in [0.717, 1.165) is 18.2 Å². The molecule has 0 aromatic heterocycles. The third kappa shape index (κ3) is 4.15. The SMILES string of the molecule is N#CC(C#N)=Cc1cccc(Oc2ccc([N+](=O)[O-])cc2[N+](=O)[O-])c1. The number of non-ortho nitro benzene ring substituents is 1. The molecule has 0 aliphatic heterocycles. The molecule has 0 saturated carbocycles. The van der Waals surface area contributed by atoms with Crippen LogP contribution in [-0.4, -0.2) is 9.85 Å². The number of rotatable bonds is 5. The van der Waals surface area contributed by atoms with Gasteiger partial charge in [0.1, 0.15) is 23.5 Å². The van der Waals surface area contributed by atoms with Crippen molar-refractivity contribution in [1.29, 1.82) is 10.5 Å². The largest absolute Gasteiger partial charge is 0.450 e. The minimum atomic E-state index is -0.782. The van der Waals surface area contributed by atoms with E-state index in [2.05, 4.69) is 0 Å². The van der Waals surface area contributed by atoms with Crippen molar-refractivity contribution in [2.75, 3.05) is 0 Å². The van der Waals surface area contributed by atoms with Crippen molar-refractivity contribution in [3.63, 3.8) is 0 Å². The molecule has 0 radical (unpaired) electrons. The van der Waals surface area contributed by atoms with Crippen LogP contribution in [-0.2, 0) is 0 Å². The van der Waals surface area contributed by atoms with E-state index in [1.165, 1.54) is 18.2 Å². The summed E-state index contributed by atoms with van der Waals surface area (Å²) in [5.41, 5.74) is -0.605. The van der Waals surface area contributed by atoms with Crippen LogP contribution in [0.1, 0.15) is 5.56 Å². The number of hydrogen-bond donors (Lipinski definition) is 0. The molecule has 0 unspecified atom stereocenters. The molecule has 0 atom stereocenters. The summed E-state index contributed by atoms with van der Waals surface area (Å²) >= 11 is 0. The van der Waals surface area contributed by atoms with Gasteiger partial charge in [0, 0.05) is 6.07 Å². The van der Waals surface area contributed by atoms with E-state index in [4.69, 9.17) is 15.3 Å². The molecule has 0 fully saturated rings. The summed E-state index contributed by atoms with van der Waals surface area (Å²) in [6, 6.07) is 12.6. The van der Waals surface area contributed by atoms with Gasteiger partial charge in [-0.1, -0.05) is 12.1 Å². The summed E-state index contributed by atoms with van der Waals surface area (Å²) in [6.45, 7) is 0. The Bertz CT molecular complexity index is 953. The number of ether oxygens (including phenoxy) is 1. The monoisotopic (exact) mass is 336 g/mol. The van der Waals surface area contributed by atoms with Crippen LogP contribution in [0.15, 0.2) is 48.0 Å². The van der Waals surface area contributed by atoms with Crippen LogP contribution in [0.25, 0.3) is 6.08 Å². The summed E-state index contributed by atoms with van der Waals surface area (Å²) in [6.07, 6.45) is 1.33. The maximum Gasteiger partial charge on any atom is 0.318 e. The van der Waals surface area contributed by atoms with Crippen LogP contribution in [0.5, 0.6) is 11.5 Å². The first-order chi connectivity index (χ1) is 11.9. The van der Waals surface area contributed by atoms with Gasteiger partial charge in [-0.2, -0.15) is 10.5 Å². The summed E-state index contributed by atoms with van der Waals surface area (Å²) < 4.78 is 5.44. The number of allylic oxidation sites excluding steroid dienone is 1. The van der Waals surface area contributed by atoms with Crippen LogP contribution in [0.2, 0.25) is 0 Å². The molecule has 0 bridgehead atoms. The number of nitro groups is 2. The van der Waals surface area contributed by atoms with E-state index in [-0.39, 0.29) is 17.1 Å². The molecule has 0 spiro atoms. The Morgan fingerprint density at radius 3 is 2.36 bits per heavy atom. The molecule has 9 nitrogen and oxygen atoms in total. The third-order valence-electron chi connectivity index (χ3n) is 2.99. The van der Waals surface area contributed by atoms with Crippen molar-refractivity contribution in [2.45, 2.75) is 0 Å². The van der Waals surface area contributed by atoms with E-state index in [1.54, 1.807) is 24.3 Å². The Labute approximate surface area is 140 Å². The van der Waals surface area contributed by atoms with Crippen molar-refractivity contribution in [3.8, 4) is 23.6 Å². The van der Waals surface area contributed by atoms with Crippen LogP contribution in [0.3, 0.4) is 0 Å². The van der Waals surface area contributed by atoms with Crippen molar-refractivity contribution in [2.24, 2.45) is 0 Å². The van der Waals surface area contributed by atoms with Crippen LogP contribution in [0, 0.1) is 42.9 Å². The lowest BCUT2D eigenvalue weighted by atomic mass is 10.1. The van der Waals surface area contributed by atoms with Gasteiger partial charge in [0.05, 0.1) is 15.9 Å². The van der Waals surface area contributed by atoms with Gasteiger partial charge in [0.2, 0.25) is 5.75 Å². The van der Waals surface area contributed by atoms with E-state index < -0.39 is 21.2 Å². The number of nitrogens with zero attached hydrogens (tertiary/aromatic N) is 4. The lowest BCUT2D eigenvalue weighted by molar-refractivity contribution is -0.394. The van der Waals surface area contributed by atoms with Gasteiger partial charge < -0.3 is 4.74 Å². The van der Waals surface area contributed by atoms with Crippen LogP contribution < -0.4 is 4.74 Å². The molecule has 122 valence electrons. The standard InChI is InChI=1S/C16H8N4O5/c17-9-12(10-18)6-11-2-1-3-14(7-11)25-16-5-4-13(19(21)22)8-15(16)20(23)24/h1-8H. The molecule has 2 aromatic carbocycles. The number of nitro benzene ring substituents is 2. The van der Waals surface area contributed by atoms with Crippen molar-refractivity contribution in [3.05, 3.63) is 73.8 Å². The van der Waals surface area contributed by atoms with E-state index in [0.29, 0.717) is 5.56 Å². The average molecular weight is 336 g/mol. The Morgan fingerprint density at radius 1 is 1.04 bits per heavy atom. The topological polar surface area (TPSA) is 143 Å². The highest BCUT2D eigenvalue weighted by atomic mass is 16.6. The lowest BCUT2D eigenvalue weighted by Crippen LogP contribution is -1.96. The summed E-state index contributed by atoms with van der Waals surface area (Å²) in [7, 11) is 0. The Kier molecular flexibility index (Phi) is 5.03. The molecule has 0 saturated heterocycles. The predicted octanol–water partition coefficient (Wildman–Crippen LogP) is 3.73. The highest BCUT2D eigenvalue weighted by Crippen LogP contribution is 2.34. The van der Waals surface area contributed by atoms with Gasteiger partial charge in [-0.15, -0.1) is 0 Å². The van der Waals surface area contributed by atoms with Gasteiger partial charge in [0.15, 0.2) is 0 Å². The molecular weight excluding hydrogens is 328 g/mol. The molecule has 2 rings (SSSR count). The van der Waals surface area contributed by atoms with Gasteiger partial charge >= 0.3 is 5.69 Å². The van der Waals surface area contributed by atoms with Crippen molar-refractivity contribution in [1.82, 2.24) is 0 Å². The van der Waals surface area contributed by atoms with Crippen LogP contribution in [0.4, 0.5) is 11.4 Å². The Hall–Kier alpha value is -4.24. The molecule has 0 amide bonds. The smallest absolute Gasteiger partial charge is 0.318 e. The normalized spacial score (nSPS) is 9.36. The second kappa shape index (κ2) is 7.35. The summed E-state index contributed by atoms with van der Waals surface area (Å²) in [5, 5.41) is 39.3. The first-order valence-electron chi connectivity index (χ1n) is 6.67. The average Bonchev–Trinajstić information content (AvgIpc) is 2.60. The molecule has 2 aromatic rings. The van der Waals surface area contributed by atoms with Gasteiger partial charge in [-0.25, -0.2) is 0 Å². The van der Waals surface area contributed by atoms with Crippen molar-refractivity contribution < 1.29 is 14.6 Å². The zero-order valence-corrected chi connectivity index (χ0v) is 12.4. The molecular formula is C16H8N4O5. The predicted molar refractivity (Wildman–Crippen MR) is 85.5 cm³/mol. The quantitative estimate of drug-likeness (QED) is 0.459. The van der Waals surface area contributed by atoms with Gasteiger partial charge in [-0.3, -0.25) is 20.2 Å². The second-order valence-corrected chi connectivity index (χ2v) is 4.62. The molecule has 9 heteroatoms.